The molecule has 0 bridgehead atoms. The number of nitrogen functional groups attached to an aromatic ring is 1. The molecule has 2 N–H and O–H groups in total. The number of hydrogen-bond acceptors (Lipinski definition) is 6. The number of nitrogens with two attached hydrogens (primary N) is 1. The quantitative estimate of drug-likeness (QED) is 0.685. The second-order valence-corrected chi connectivity index (χ2v) is 7.13. The summed E-state index contributed by atoms with van der Waals surface area (Å²) in [6.07, 6.45) is 4.35. The van der Waals surface area contributed by atoms with Gasteiger partial charge in [-0.3, -0.25) is 9.59 Å². The Hall–Kier alpha value is -3.55. The summed E-state index contributed by atoms with van der Waals surface area (Å²) in [6, 6.07) is 8.81. The highest BCUT2D eigenvalue weighted by Gasteiger charge is 2.37. The summed E-state index contributed by atoms with van der Waals surface area (Å²) in [7, 11) is 0. The molecule has 2 aromatic heterocycles. The summed E-state index contributed by atoms with van der Waals surface area (Å²) in [5, 5.41) is 4.28. The Morgan fingerprint density at radius 2 is 1.86 bits per heavy atom. The highest BCUT2D eigenvalue weighted by molar-refractivity contribution is 6.07. The Morgan fingerprint density at radius 3 is 2.59 bits per heavy atom. The molecule has 29 heavy (non-hydrogen) atoms. The van der Waals surface area contributed by atoms with Gasteiger partial charge in [-0.2, -0.15) is 5.10 Å². The molecule has 1 aliphatic heterocycles. The third-order valence-electron chi connectivity index (χ3n) is 5.22. The van der Waals surface area contributed by atoms with Crippen molar-refractivity contribution < 1.29 is 9.59 Å². The van der Waals surface area contributed by atoms with Crippen LogP contribution in [0.1, 0.15) is 45.1 Å². The summed E-state index contributed by atoms with van der Waals surface area (Å²) >= 11 is 0. The minimum Gasteiger partial charge on any atom is -0.383 e. The van der Waals surface area contributed by atoms with Gasteiger partial charge in [0.2, 0.25) is 0 Å². The largest absolute Gasteiger partial charge is 0.383 e. The van der Waals surface area contributed by atoms with Gasteiger partial charge < -0.3 is 10.6 Å². The minimum atomic E-state index is -0.570. The molecule has 0 aliphatic carbocycles. The molecule has 1 aliphatic rings. The molecule has 0 unspecified atom stereocenters. The third kappa shape index (κ3) is 3.37. The molecule has 3 aromatic rings. The Labute approximate surface area is 168 Å². The van der Waals surface area contributed by atoms with Crippen LogP contribution < -0.4 is 5.73 Å². The lowest BCUT2D eigenvalue weighted by Crippen LogP contribution is -2.41. The van der Waals surface area contributed by atoms with Crippen LogP contribution in [0.3, 0.4) is 0 Å². The molecule has 8 nitrogen and oxygen atoms in total. The first-order chi connectivity index (χ1) is 14.0. The number of nitrogens with zero attached hydrogens (tertiary/aromatic N) is 5. The number of anilines is 1. The van der Waals surface area contributed by atoms with E-state index < -0.39 is 6.04 Å². The van der Waals surface area contributed by atoms with E-state index >= 15 is 0 Å². The van der Waals surface area contributed by atoms with E-state index in [2.05, 4.69) is 15.1 Å². The predicted octanol–water partition coefficient (Wildman–Crippen LogP) is 2.35. The molecule has 0 saturated carbocycles. The Bertz CT molecular complexity index is 1080. The van der Waals surface area contributed by atoms with Crippen LogP contribution in [0, 0.1) is 13.8 Å². The number of para-hydroxylation sites is 1. The zero-order valence-corrected chi connectivity index (χ0v) is 16.4. The number of amides is 1. The summed E-state index contributed by atoms with van der Waals surface area (Å²) in [6.45, 7) is 4.06. The highest BCUT2D eigenvalue weighted by atomic mass is 16.2. The van der Waals surface area contributed by atoms with Gasteiger partial charge in [-0.1, -0.05) is 18.2 Å². The van der Waals surface area contributed by atoms with Crippen molar-refractivity contribution in [1.29, 1.82) is 0 Å². The summed E-state index contributed by atoms with van der Waals surface area (Å²) in [5.74, 6) is 0.457. The number of carbonyl (C=O) groups excluding carboxylic acids is 2. The molecule has 0 spiro atoms. The van der Waals surface area contributed by atoms with Crippen LogP contribution >= 0.6 is 0 Å². The first-order valence-corrected chi connectivity index (χ1v) is 9.51. The van der Waals surface area contributed by atoms with E-state index in [1.54, 1.807) is 18.7 Å². The number of rotatable bonds is 4. The maximum absolute atomic E-state index is 13.2. The van der Waals surface area contributed by atoms with Crippen molar-refractivity contribution >= 4 is 17.5 Å². The lowest BCUT2D eigenvalue weighted by atomic mass is 10.0. The number of carbonyl (C=O) groups is 2. The van der Waals surface area contributed by atoms with E-state index in [0.717, 1.165) is 12.1 Å². The van der Waals surface area contributed by atoms with Gasteiger partial charge in [0.15, 0.2) is 5.78 Å². The number of aromatic nitrogens is 4. The first kappa shape index (κ1) is 18.8. The molecule has 1 aromatic carbocycles. The number of benzene rings is 1. The van der Waals surface area contributed by atoms with Crippen molar-refractivity contribution in [2.75, 3.05) is 12.3 Å². The molecule has 1 fully saturated rings. The van der Waals surface area contributed by atoms with Crippen molar-refractivity contribution in [3.63, 3.8) is 0 Å². The van der Waals surface area contributed by atoms with Crippen LogP contribution in [-0.4, -0.2) is 48.9 Å². The van der Waals surface area contributed by atoms with Crippen molar-refractivity contribution in [2.45, 2.75) is 32.7 Å². The fourth-order valence-corrected chi connectivity index (χ4v) is 3.73. The van der Waals surface area contributed by atoms with Crippen LogP contribution in [0.5, 0.6) is 0 Å². The number of ketones is 1. The maximum Gasteiger partial charge on any atom is 0.257 e. The Balaban J connectivity index is 1.62. The molecule has 0 radical (unpaired) electrons. The second kappa shape index (κ2) is 7.46. The van der Waals surface area contributed by atoms with E-state index in [1.165, 1.54) is 17.1 Å². The topological polar surface area (TPSA) is 107 Å². The van der Waals surface area contributed by atoms with Crippen molar-refractivity contribution in [3.05, 3.63) is 65.4 Å². The van der Waals surface area contributed by atoms with Crippen LogP contribution in [0.2, 0.25) is 0 Å². The van der Waals surface area contributed by atoms with Crippen LogP contribution in [0.15, 0.2) is 42.7 Å². The molecule has 3 heterocycles. The average molecular weight is 390 g/mol. The van der Waals surface area contributed by atoms with Crippen molar-refractivity contribution in [3.8, 4) is 5.69 Å². The van der Waals surface area contributed by atoms with E-state index in [9.17, 15) is 9.59 Å². The van der Waals surface area contributed by atoms with Gasteiger partial charge >= 0.3 is 0 Å². The van der Waals surface area contributed by atoms with E-state index in [0.29, 0.717) is 35.6 Å². The van der Waals surface area contributed by atoms with Crippen LogP contribution in [0.4, 0.5) is 5.82 Å². The average Bonchev–Trinajstić information content (AvgIpc) is 3.35. The number of hydrogen-bond donors (Lipinski definition) is 1. The van der Waals surface area contributed by atoms with Crippen molar-refractivity contribution in [1.82, 2.24) is 24.6 Å². The van der Waals surface area contributed by atoms with Crippen molar-refractivity contribution in [2.24, 2.45) is 0 Å². The van der Waals surface area contributed by atoms with Crippen LogP contribution in [0.25, 0.3) is 5.69 Å². The Morgan fingerprint density at radius 1 is 1.10 bits per heavy atom. The number of Topliss-reactive ketones (excluding diaryl/α,β-unsaturated/α-hetero) is 1. The highest BCUT2D eigenvalue weighted by Crippen LogP contribution is 2.27. The van der Waals surface area contributed by atoms with Gasteiger partial charge in [-0.15, -0.1) is 0 Å². The molecule has 1 saturated heterocycles. The summed E-state index contributed by atoms with van der Waals surface area (Å²) in [4.78, 5) is 36.3. The summed E-state index contributed by atoms with van der Waals surface area (Å²) < 4.78 is 1.53. The molecular weight excluding hydrogens is 368 g/mol. The van der Waals surface area contributed by atoms with Gasteiger partial charge in [-0.25, -0.2) is 14.6 Å². The number of aryl methyl sites for hydroxylation is 2. The minimum absolute atomic E-state index is 0.193. The summed E-state index contributed by atoms with van der Waals surface area (Å²) in [5.41, 5.74) is 8.36. The van der Waals surface area contributed by atoms with Crippen LogP contribution in [-0.2, 0) is 0 Å². The van der Waals surface area contributed by atoms with Gasteiger partial charge in [0.05, 0.1) is 34.7 Å². The fraction of sp³-hybridized carbons (Fsp3) is 0.286. The van der Waals surface area contributed by atoms with Gasteiger partial charge in [0, 0.05) is 12.7 Å². The lowest BCUT2D eigenvalue weighted by Gasteiger charge is -2.24. The normalized spacial score (nSPS) is 16.2. The van der Waals surface area contributed by atoms with E-state index in [1.807, 2.05) is 30.3 Å². The zero-order valence-electron chi connectivity index (χ0n) is 16.4. The smallest absolute Gasteiger partial charge is 0.257 e. The fourth-order valence-electron chi connectivity index (χ4n) is 3.73. The van der Waals surface area contributed by atoms with Gasteiger partial charge in [0.1, 0.15) is 11.6 Å². The maximum atomic E-state index is 13.2. The first-order valence-electron chi connectivity index (χ1n) is 9.51. The molecule has 4 rings (SSSR count). The second-order valence-electron chi connectivity index (χ2n) is 7.13. The van der Waals surface area contributed by atoms with Gasteiger partial charge in [-0.05, 0) is 38.8 Å². The zero-order chi connectivity index (χ0) is 20.5. The molecule has 148 valence electrons. The predicted molar refractivity (Wildman–Crippen MR) is 108 cm³/mol. The number of likely N-dealkylation sites (tertiary alicyclic amines) is 1. The molecule has 1 amide bonds. The molecule has 8 heteroatoms. The molecule has 1 atom stereocenters. The standard InChI is InChI=1S/C21H22N6O2/c1-13-16(11-23-14(2)25-13)21(29)26-10-6-9-18(26)19(28)17-12-24-27(20(17)22)15-7-4-3-5-8-15/h3-5,7-8,11-12,18H,6,9-10,22H2,1-2H3/t18-/m0/s1. The lowest BCUT2D eigenvalue weighted by molar-refractivity contribution is 0.0670. The molecular formula is C21H22N6O2. The SMILES string of the molecule is Cc1ncc(C(=O)N2CCC[C@H]2C(=O)c2cnn(-c3ccccc3)c2N)c(C)n1. The third-order valence-corrected chi connectivity index (χ3v) is 5.22. The van der Waals surface area contributed by atoms with E-state index in [-0.39, 0.29) is 17.5 Å². The Kier molecular flexibility index (Phi) is 4.84. The van der Waals surface area contributed by atoms with Gasteiger partial charge in [0.25, 0.3) is 5.91 Å². The van der Waals surface area contributed by atoms with E-state index in [4.69, 9.17) is 5.73 Å². The monoisotopic (exact) mass is 390 g/mol.